The van der Waals surface area contributed by atoms with Crippen LogP contribution in [0.2, 0.25) is 0 Å². The highest BCUT2D eigenvalue weighted by Gasteiger charge is 2.27. The highest BCUT2D eigenvalue weighted by Crippen LogP contribution is 2.27. The standard InChI is InChI=1S/C25H23N3O3S/c1-17(23(29)27-13-12-18-7-2-3-8-19(18)15-27)32-25-26-22-11-5-4-10-21(22)24(30)28(25)16-20-9-6-14-31-20/h2-11,14,17H,12-13,15-16H2,1H3. The molecule has 0 saturated heterocycles. The van der Waals surface area contributed by atoms with E-state index in [9.17, 15) is 9.59 Å². The van der Waals surface area contributed by atoms with Gasteiger partial charge in [-0.25, -0.2) is 4.98 Å². The van der Waals surface area contributed by atoms with Gasteiger partial charge in [0.25, 0.3) is 5.56 Å². The van der Waals surface area contributed by atoms with Gasteiger partial charge >= 0.3 is 0 Å². The van der Waals surface area contributed by atoms with Crippen LogP contribution in [0.5, 0.6) is 0 Å². The number of aromatic nitrogens is 2. The van der Waals surface area contributed by atoms with Crippen molar-refractivity contribution in [1.29, 1.82) is 0 Å². The first-order valence-corrected chi connectivity index (χ1v) is 11.5. The molecule has 1 aliphatic heterocycles. The number of rotatable bonds is 5. The Labute approximate surface area is 189 Å². The SMILES string of the molecule is CC(Sc1nc2ccccc2c(=O)n1Cc1ccco1)C(=O)N1CCc2ccccc2C1. The molecule has 0 aliphatic carbocycles. The lowest BCUT2D eigenvalue weighted by Gasteiger charge is -2.30. The number of thioether (sulfide) groups is 1. The third-order valence-corrected chi connectivity index (χ3v) is 6.87. The van der Waals surface area contributed by atoms with Gasteiger partial charge in [-0.15, -0.1) is 0 Å². The van der Waals surface area contributed by atoms with Gasteiger partial charge in [-0.1, -0.05) is 48.2 Å². The second kappa shape index (κ2) is 8.67. The number of hydrogen-bond acceptors (Lipinski definition) is 5. The number of hydrogen-bond donors (Lipinski definition) is 0. The monoisotopic (exact) mass is 445 g/mol. The lowest BCUT2D eigenvalue weighted by atomic mass is 10.00. The second-order valence-electron chi connectivity index (χ2n) is 7.92. The van der Waals surface area contributed by atoms with Gasteiger partial charge in [0.1, 0.15) is 5.76 Å². The molecule has 0 bridgehead atoms. The van der Waals surface area contributed by atoms with Gasteiger partial charge in [0.15, 0.2) is 5.16 Å². The molecule has 1 atom stereocenters. The van der Waals surface area contributed by atoms with Gasteiger partial charge in [-0.3, -0.25) is 14.2 Å². The van der Waals surface area contributed by atoms with Crippen molar-refractivity contribution in [3.8, 4) is 0 Å². The van der Waals surface area contributed by atoms with Crippen LogP contribution in [0.15, 0.2) is 81.3 Å². The number of furan rings is 1. The average molecular weight is 446 g/mol. The zero-order valence-electron chi connectivity index (χ0n) is 17.7. The molecule has 6 nitrogen and oxygen atoms in total. The van der Waals surface area contributed by atoms with E-state index in [1.807, 2.05) is 48.2 Å². The van der Waals surface area contributed by atoms with Crippen molar-refractivity contribution in [2.75, 3.05) is 6.54 Å². The van der Waals surface area contributed by atoms with Gasteiger partial charge in [0, 0.05) is 13.1 Å². The topological polar surface area (TPSA) is 68.3 Å². The van der Waals surface area contributed by atoms with E-state index in [0.29, 0.717) is 34.9 Å². The Balaban J connectivity index is 1.44. The van der Waals surface area contributed by atoms with Crippen molar-refractivity contribution in [1.82, 2.24) is 14.5 Å². The Kier molecular flexibility index (Phi) is 5.57. The van der Waals surface area contributed by atoms with Crippen molar-refractivity contribution in [3.05, 3.63) is 94.2 Å². The minimum atomic E-state index is -0.379. The fourth-order valence-corrected chi connectivity index (χ4v) is 5.08. The molecular weight excluding hydrogens is 422 g/mol. The molecule has 0 spiro atoms. The number of fused-ring (bicyclic) bond motifs is 2. The fourth-order valence-electron chi connectivity index (χ4n) is 4.08. The third kappa shape index (κ3) is 3.96. The first-order valence-electron chi connectivity index (χ1n) is 10.6. The molecule has 162 valence electrons. The number of carbonyl (C=O) groups is 1. The zero-order valence-corrected chi connectivity index (χ0v) is 18.5. The van der Waals surface area contributed by atoms with Crippen LogP contribution in [-0.2, 0) is 24.3 Å². The van der Waals surface area contributed by atoms with E-state index in [0.717, 1.165) is 6.42 Å². The lowest BCUT2D eigenvalue weighted by Crippen LogP contribution is -2.40. The summed E-state index contributed by atoms with van der Waals surface area (Å²) in [7, 11) is 0. The molecule has 7 heteroatoms. The molecule has 3 heterocycles. The van der Waals surface area contributed by atoms with Gasteiger partial charge in [-0.05, 0) is 48.7 Å². The van der Waals surface area contributed by atoms with Crippen LogP contribution in [0, 0.1) is 0 Å². The van der Waals surface area contributed by atoms with Crippen molar-refractivity contribution in [3.63, 3.8) is 0 Å². The summed E-state index contributed by atoms with van der Waals surface area (Å²) in [6.07, 6.45) is 2.44. The maximum atomic E-state index is 13.3. The minimum Gasteiger partial charge on any atom is -0.467 e. The first kappa shape index (κ1) is 20.6. The Morgan fingerprint density at radius 1 is 1.09 bits per heavy atom. The summed E-state index contributed by atoms with van der Waals surface area (Å²) in [6.45, 7) is 3.46. The van der Waals surface area contributed by atoms with Crippen molar-refractivity contribution in [2.45, 2.75) is 36.8 Å². The van der Waals surface area contributed by atoms with E-state index in [-0.39, 0.29) is 23.3 Å². The number of carbonyl (C=O) groups excluding carboxylic acids is 1. The molecular formula is C25H23N3O3S. The van der Waals surface area contributed by atoms with Crippen LogP contribution in [0.25, 0.3) is 10.9 Å². The summed E-state index contributed by atoms with van der Waals surface area (Å²) in [5.74, 6) is 0.717. The summed E-state index contributed by atoms with van der Waals surface area (Å²) < 4.78 is 7.07. The molecule has 4 aromatic rings. The molecule has 0 radical (unpaired) electrons. The van der Waals surface area contributed by atoms with Gasteiger partial charge in [-0.2, -0.15) is 0 Å². The maximum absolute atomic E-state index is 13.3. The van der Waals surface area contributed by atoms with Gasteiger partial charge < -0.3 is 9.32 Å². The highest BCUT2D eigenvalue weighted by molar-refractivity contribution is 8.00. The van der Waals surface area contributed by atoms with Crippen LogP contribution in [0.3, 0.4) is 0 Å². The van der Waals surface area contributed by atoms with E-state index in [1.165, 1.54) is 22.9 Å². The molecule has 0 fully saturated rings. The molecule has 2 aromatic heterocycles. The Morgan fingerprint density at radius 3 is 2.69 bits per heavy atom. The van der Waals surface area contributed by atoms with E-state index in [4.69, 9.17) is 9.40 Å². The fraction of sp³-hybridized carbons (Fsp3) is 0.240. The number of amides is 1. The Bertz CT molecular complexity index is 1330. The molecule has 1 unspecified atom stereocenters. The van der Waals surface area contributed by atoms with E-state index >= 15 is 0 Å². The highest BCUT2D eigenvalue weighted by atomic mass is 32.2. The first-order chi connectivity index (χ1) is 15.6. The summed E-state index contributed by atoms with van der Waals surface area (Å²) in [5, 5.41) is 0.689. The predicted octanol–water partition coefficient (Wildman–Crippen LogP) is 4.10. The van der Waals surface area contributed by atoms with E-state index < -0.39 is 0 Å². The Hall–Kier alpha value is -3.32. The normalized spacial score (nSPS) is 14.3. The van der Waals surface area contributed by atoms with Crippen LogP contribution in [-0.4, -0.2) is 32.2 Å². The molecule has 1 amide bonds. The van der Waals surface area contributed by atoms with Crippen molar-refractivity contribution >= 4 is 28.6 Å². The molecule has 0 N–H and O–H groups in total. The van der Waals surface area contributed by atoms with Crippen molar-refractivity contribution < 1.29 is 9.21 Å². The number of benzene rings is 2. The van der Waals surface area contributed by atoms with Crippen molar-refractivity contribution in [2.24, 2.45) is 0 Å². The maximum Gasteiger partial charge on any atom is 0.262 e. The summed E-state index contributed by atoms with van der Waals surface area (Å²) in [4.78, 5) is 33.1. The minimum absolute atomic E-state index is 0.0523. The van der Waals surface area contributed by atoms with Crippen LogP contribution < -0.4 is 5.56 Å². The second-order valence-corrected chi connectivity index (χ2v) is 9.23. The summed E-state index contributed by atoms with van der Waals surface area (Å²) in [5.41, 5.74) is 2.99. The summed E-state index contributed by atoms with van der Waals surface area (Å²) >= 11 is 1.32. The smallest absolute Gasteiger partial charge is 0.262 e. The average Bonchev–Trinajstić information content (AvgIpc) is 3.34. The molecule has 1 aliphatic rings. The van der Waals surface area contributed by atoms with E-state index in [2.05, 4.69) is 12.1 Å². The molecule has 32 heavy (non-hydrogen) atoms. The predicted molar refractivity (Wildman–Crippen MR) is 125 cm³/mol. The number of nitrogens with zero attached hydrogens (tertiary/aromatic N) is 3. The largest absolute Gasteiger partial charge is 0.467 e. The third-order valence-electron chi connectivity index (χ3n) is 5.79. The summed E-state index contributed by atoms with van der Waals surface area (Å²) in [6, 6.07) is 19.2. The van der Waals surface area contributed by atoms with Crippen LogP contribution >= 0.6 is 11.8 Å². The number of para-hydroxylation sites is 1. The molecule has 0 saturated carbocycles. The quantitative estimate of drug-likeness (QED) is 0.342. The van der Waals surface area contributed by atoms with E-state index in [1.54, 1.807) is 23.0 Å². The zero-order chi connectivity index (χ0) is 22.1. The Morgan fingerprint density at radius 2 is 1.88 bits per heavy atom. The lowest BCUT2D eigenvalue weighted by molar-refractivity contribution is -0.131. The molecule has 2 aromatic carbocycles. The van der Waals surface area contributed by atoms with Gasteiger partial charge in [0.05, 0.1) is 29.0 Å². The van der Waals surface area contributed by atoms with Crippen LogP contribution in [0.4, 0.5) is 0 Å². The van der Waals surface area contributed by atoms with Crippen LogP contribution in [0.1, 0.15) is 23.8 Å². The molecule has 5 rings (SSSR count). The van der Waals surface area contributed by atoms with Gasteiger partial charge in [0.2, 0.25) is 5.91 Å².